The lowest BCUT2D eigenvalue weighted by molar-refractivity contribution is 0.0912. The van der Waals surface area contributed by atoms with E-state index in [-0.39, 0.29) is 11.9 Å². The normalized spacial score (nSPS) is 17.5. The first kappa shape index (κ1) is 20.6. The summed E-state index contributed by atoms with van der Waals surface area (Å²) in [5.41, 5.74) is 3.06. The minimum atomic E-state index is 0.0575. The van der Waals surface area contributed by atoms with Crippen LogP contribution in [0.5, 0.6) is 0 Å². The fourth-order valence-corrected chi connectivity index (χ4v) is 2.66. The lowest BCUT2D eigenvalue weighted by atomic mass is 10.0. The van der Waals surface area contributed by atoms with E-state index >= 15 is 0 Å². The molecule has 1 fully saturated rings. The molecule has 0 saturated carbocycles. The van der Waals surface area contributed by atoms with E-state index in [1.54, 1.807) is 0 Å². The highest BCUT2D eigenvalue weighted by Gasteiger charge is 2.19. The van der Waals surface area contributed by atoms with E-state index in [1.807, 2.05) is 53.7 Å². The molecule has 0 aliphatic carbocycles. The molecular weight excluding hydrogens is 272 g/mol. The van der Waals surface area contributed by atoms with Crippen LogP contribution in [0.25, 0.3) is 0 Å². The number of nitrogens with zero attached hydrogens (tertiary/aromatic N) is 1. The summed E-state index contributed by atoms with van der Waals surface area (Å²) >= 11 is 0. The molecule has 1 aromatic carbocycles. The van der Waals surface area contributed by atoms with Crippen molar-refractivity contribution in [2.24, 2.45) is 0 Å². The Morgan fingerprint density at radius 2 is 1.64 bits per heavy atom. The Kier molecular flexibility index (Phi) is 10.6. The Balaban J connectivity index is 0.00000102. The van der Waals surface area contributed by atoms with E-state index in [1.165, 1.54) is 0 Å². The third kappa shape index (κ3) is 7.08. The van der Waals surface area contributed by atoms with Gasteiger partial charge in [-0.2, -0.15) is 0 Å². The third-order valence-corrected chi connectivity index (χ3v) is 3.44. The summed E-state index contributed by atoms with van der Waals surface area (Å²) in [6, 6.07) is 6.28. The number of amides is 1. The molecule has 1 saturated heterocycles. The quantitative estimate of drug-likeness (QED) is 0.889. The topological polar surface area (TPSA) is 32.3 Å². The van der Waals surface area contributed by atoms with Gasteiger partial charge in [0.05, 0.1) is 0 Å². The largest absolute Gasteiger partial charge is 0.348 e. The molecule has 3 nitrogen and oxygen atoms in total. The number of hydrogen-bond acceptors (Lipinski definition) is 2. The van der Waals surface area contributed by atoms with Crippen molar-refractivity contribution in [3.8, 4) is 0 Å². The molecule has 126 valence electrons. The zero-order valence-electron chi connectivity index (χ0n) is 15.5. The highest BCUT2D eigenvalue weighted by atomic mass is 16.1. The fourth-order valence-electron chi connectivity index (χ4n) is 2.66. The van der Waals surface area contributed by atoms with Crippen LogP contribution < -0.4 is 5.32 Å². The first-order valence-corrected chi connectivity index (χ1v) is 8.62. The highest BCUT2D eigenvalue weighted by molar-refractivity contribution is 5.94. The average molecular weight is 306 g/mol. The van der Waals surface area contributed by atoms with Gasteiger partial charge in [0.15, 0.2) is 0 Å². The molecule has 0 spiro atoms. The Morgan fingerprint density at radius 3 is 2.14 bits per heavy atom. The third-order valence-electron chi connectivity index (χ3n) is 3.44. The van der Waals surface area contributed by atoms with Crippen LogP contribution in [0, 0.1) is 13.8 Å². The van der Waals surface area contributed by atoms with Gasteiger partial charge in [-0.3, -0.25) is 4.79 Å². The van der Waals surface area contributed by atoms with Crippen molar-refractivity contribution in [3.63, 3.8) is 0 Å². The molecule has 1 amide bonds. The molecule has 1 aliphatic heterocycles. The smallest absolute Gasteiger partial charge is 0.251 e. The van der Waals surface area contributed by atoms with Crippen LogP contribution in [0.2, 0.25) is 0 Å². The summed E-state index contributed by atoms with van der Waals surface area (Å²) in [4.78, 5) is 14.5. The maximum atomic E-state index is 12.2. The summed E-state index contributed by atoms with van der Waals surface area (Å²) in [7, 11) is 2.11. The molecule has 0 radical (unpaired) electrons. The van der Waals surface area contributed by atoms with Crippen molar-refractivity contribution in [1.82, 2.24) is 10.2 Å². The van der Waals surface area contributed by atoms with Crippen molar-refractivity contribution in [2.45, 2.75) is 60.4 Å². The number of carbonyl (C=O) groups excluding carboxylic acids is 1. The maximum Gasteiger partial charge on any atom is 0.251 e. The van der Waals surface area contributed by atoms with Crippen LogP contribution >= 0.6 is 0 Å². The van der Waals surface area contributed by atoms with Crippen LogP contribution in [-0.2, 0) is 0 Å². The molecular formula is C19H34N2O. The van der Waals surface area contributed by atoms with Gasteiger partial charge in [-0.1, -0.05) is 44.9 Å². The van der Waals surface area contributed by atoms with E-state index in [4.69, 9.17) is 0 Å². The molecule has 22 heavy (non-hydrogen) atoms. The summed E-state index contributed by atoms with van der Waals surface area (Å²) in [6.07, 6.45) is 2.25. The number of benzene rings is 1. The molecule has 0 aromatic heterocycles. The first-order valence-electron chi connectivity index (χ1n) is 8.62. The molecule has 1 aliphatic rings. The number of aryl methyl sites for hydroxylation is 2. The fraction of sp³-hybridized carbons (Fsp3) is 0.632. The minimum Gasteiger partial charge on any atom is -0.348 e. The monoisotopic (exact) mass is 306 g/mol. The van der Waals surface area contributed by atoms with Crippen LogP contribution in [0.1, 0.15) is 62.0 Å². The SMILES string of the molecule is CC.CC.Cc1cc(C)cc(C(=O)N[C@@H]2CCCN(C)C2)c1. The number of nitrogens with one attached hydrogen (secondary N) is 1. The lowest BCUT2D eigenvalue weighted by Crippen LogP contribution is -2.46. The summed E-state index contributed by atoms with van der Waals surface area (Å²) < 4.78 is 0. The standard InChI is InChI=1S/C15H22N2O.2C2H6/c1-11-7-12(2)9-13(8-11)15(18)16-14-5-4-6-17(3)10-14;2*1-2/h7-9,14H,4-6,10H2,1-3H3,(H,16,18);2*1-2H3/t14-;;/m1../s1. The minimum absolute atomic E-state index is 0.0575. The van der Waals surface area contributed by atoms with Gasteiger partial charge in [0, 0.05) is 18.2 Å². The predicted molar refractivity (Wildman–Crippen MR) is 96.6 cm³/mol. The van der Waals surface area contributed by atoms with Crippen molar-refractivity contribution in [2.75, 3.05) is 20.1 Å². The van der Waals surface area contributed by atoms with Crippen molar-refractivity contribution in [1.29, 1.82) is 0 Å². The van der Waals surface area contributed by atoms with Gasteiger partial charge in [-0.15, -0.1) is 0 Å². The van der Waals surface area contributed by atoms with Crippen LogP contribution in [0.3, 0.4) is 0 Å². The average Bonchev–Trinajstić information content (AvgIpc) is 2.50. The Labute approximate surface area is 137 Å². The van der Waals surface area contributed by atoms with Crippen molar-refractivity contribution < 1.29 is 4.79 Å². The number of rotatable bonds is 2. The van der Waals surface area contributed by atoms with E-state index < -0.39 is 0 Å². The molecule has 0 bridgehead atoms. The van der Waals surface area contributed by atoms with Crippen molar-refractivity contribution >= 4 is 5.91 Å². The van der Waals surface area contributed by atoms with Crippen LogP contribution in [-0.4, -0.2) is 37.0 Å². The van der Waals surface area contributed by atoms with Gasteiger partial charge in [0.25, 0.3) is 5.91 Å². The van der Waals surface area contributed by atoms with E-state index in [0.717, 1.165) is 42.6 Å². The van der Waals surface area contributed by atoms with Gasteiger partial charge in [-0.25, -0.2) is 0 Å². The molecule has 1 N–H and O–H groups in total. The summed E-state index contributed by atoms with van der Waals surface area (Å²) in [5.74, 6) is 0.0575. The molecule has 2 rings (SSSR count). The molecule has 1 aromatic rings. The van der Waals surface area contributed by atoms with Gasteiger partial charge in [0.2, 0.25) is 0 Å². The summed E-state index contributed by atoms with van der Waals surface area (Å²) in [5, 5.41) is 3.14. The zero-order chi connectivity index (χ0) is 17.1. The lowest BCUT2D eigenvalue weighted by Gasteiger charge is -2.30. The van der Waals surface area contributed by atoms with E-state index in [9.17, 15) is 4.79 Å². The van der Waals surface area contributed by atoms with Crippen molar-refractivity contribution in [3.05, 3.63) is 34.9 Å². The second-order valence-corrected chi connectivity index (χ2v) is 5.45. The van der Waals surface area contributed by atoms with Crippen LogP contribution in [0.4, 0.5) is 0 Å². The molecule has 1 atom stereocenters. The van der Waals surface area contributed by atoms with Gasteiger partial charge >= 0.3 is 0 Å². The number of carbonyl (C=O) groups is 1. The number of likely N-dealkylation sites (N-methyl/N-ethyl adjacent to an activating group) is 1. The maximum absolute atomic E-state index is 12.2. The Hall–Kier alpha value is -1.35. The van der Waals surface area contributed by atoms with E-state index in [2.05, 4.69) is 23.3 Å². The highest BCUT2D eigenvalue weighted by Crippen LogP contribution is 2.11. The van der Waals surface area contributed by atoms with Gasteiger partial charge in [-0.05, 0) is 52.4 Å². The number of hydrogen-bond donors (Lipinski definition) is 1. The first-order chi connectivity index (χ1) is 10.5. The van der Waals surface area contributed by atoms with E-state index in [0.29, 0.717) is 0 Å². The zero-order valence-corrected chi connectivity index (χ0v) is 15.5. The summed E-state index contributed by atoms with van der Waals surface area (Å²) in [6.45, 7) is 14.1. The molecule has 1 heterocycles. The number of likely N-dealkylation sites (tertiary alicyclic amines) is 1. The van der Waals surface area contributed by atoms with Gasteiger partial charge < -0.3 is 10.2 Å². The predicted octanol–water partition coefficient (Wildman–Crippen LogP) is 4.18. The van der Waals surface area contributed by atoms with Gasteiger partial charge in [0.1, 0.15) is 0 Å². The molecule has 3 heteroatoms. The second kappa shape index (κ2) is 11.2. The Morgan fingerprint density at radius 1 is 1.09 bits per heavy atom. The Bertz CT molecular complexity index is 423. The second-order valence-electron chi connectivity index (χ2n) is 5.45. The van der Waals surface area contributed by atoms with Crippen LogP contribution in [0.15, 0.2) is 18.2 Å². The number of piperidine rings is 1. The molecule has 0 unspecified atom stereocenters.